The second-order valence-corrected chi connectivity index (χ2v) is 4.26. The Bertz CT molecular complexity index is 424. The van der Waals surface area contributed by atoms with E-state index in [4.69, 9.17) is 11.6 Å². The van der Waals surface area contributed by atoms with Crippen LogP contribution in [0.5, 0.6) is 0 Å². The lowest BCUT2D eigenvalue weighted by Gasteiger charge is -2.06. The molecule has 0 atom stereocenters. The van der Waals surface area contributed by atoms with E-state index in [9.17, 15) is 10.1 Å². The lowest BCUT2D eigenvalue weighted by molar-refractivity contribution is -0.403. The van der Waals surface area contributed by atoms with Gasteiger partial charge in [-0.25, -0.2) is 4.98 Å². The van der Waals surface area contributed by atoms with Crippen molar-refractivity contribution >= 4 is 24.2 Å². The van der Waals surface area contributed by atoms with Crippen LogP contribution >= 0.6 is 24.2 Å². The minimum Gasteiger partial charge on any atom is -0.374 e. The predicted molar refractivity (Wildman–Crippen MR) is 73.0 cm³/mol. The third-order valence-corrected chi connectivity index (χ3v) is 2.45. The minimum absolute atomic E-state index is 0.231. The molecule has 8 heteroatoms. The summed E-state index contributed by atoms with van der Waals surface area (Å²) < 4.78 is 0. The van der Waals surface area contributed by atoms with Crippen molar-refractivity contribution in [3.05, 3.63) is 50.4 Å². The number of nitro groups is 1. The van der Waals surface area contributed by atoms with E-state index in [1.165, 1.54) is 0 Å². The first kappa shape index (κ1) is 14.7. The van der Waals surface area contributed by atoms with Crippen LogP contribution in [0.4, 0.5) is 0 Å². The molecule has 2 N–H and O–H groups in total. The summed E-state index contributed by atoms with van der Waals surface area (Å²) in [5, 5.41) is 16.8. The largest absolute Gasteiger partial charge is 0.374 e. The van der Waals surface area contributed by atoms with Crippen LogP contribution in [-0.2, 0) is 6.54 Å². The summed E-state index contributed by atoms with van der Waals surface area (Å²) in [4.78, 5) is 13.5. The number of hydrogen-bond acceptors (Lipinski definition) is 6. The fourth-order valence-corrected chi connectivity index (χ4v) is 1.49. The van der Waals surface area contributed by atoms with Crippen LogP contribution in [-0.4, -0.2) is 23.0 Å². The standard InChI is InChI=1S/C10H13ClN4O2S/c11-9-2-1-8(6-14-9)5-12-3-4-13-10(18)7-15(16)17/h1-2,6-7,12-13,18H,3-5H2/b10-7-. The molecule has 0 fully saturated rings. The van der Waals surface area contributed by atoms with Crippen molar-refractivity contribution in [3.8, 4) is 0 Å². The first-order chi connectivity index (χ1) is 8.58. The van der Waals surface area contributed by atoms with Gasteiger partial charge < -0.3 is 10.6 Å². The predicted octanol–water partition coefficient (Wildman–Crippen LogP) is 1.42. The van der Waals surface area contributed by atoms with Crippen molar-refractivity contribution in [2.24, 2.45) is 0 Å². The Hall–Kier alpha value is -1.31. The molecule has 0 amide bonds. The summed E-state index contributed by atoms with van der Waals surface area (Å²) in [6.07, 6.45) is 2.51. The molecular formula is C10H13ClN4O2S. The molecule has 0 bridgehead atoms. The number of hydrogen-bond donors (Lipinski definition) is 3. The van der Waals surface area contributed by atoms with Gasteiger partial charge in [0.05, 0.1) is 4.92 Å². The molecule has 0 saturated heterocycles. The second kappa shape index (κ2) is 7.91. The van der Waals surface area contributed by atoms with Crippen molar-refractivity contribution in [2.45, 2.75) is 6.54 Å². The Morgan fingerprint density at radius 2 is 2.33 bits per heavy atom. The number of rotatable bonds is 7. The van der Waals surface area contributed by atoms with Crippen LogP contribution < -0.4 is 10.6 Å². The third kappa shape index (κ3) is 6.43. The van der Waals surface area contributed by atoms with Crippen molar-refractivity contribution < 1.29 is 4.92 Å². The van der Waals surface area contributed by atoms with Gasteiger partial charge >= 0.3 is 0 Å². The van der Waals surface area contributed by atoms with Crippen molar-refractivity contribution in [3.63, 3.8) is 0 Å². The van der Waals surface area contributed by atoms with E-state index >= 15 is 0 Å². The fourth-order valence-electron chi connectivity index (χ4n) is 1.17. The minimum atomic E-state index is -0.553. The van der Waals surface area contributed by atoms with E-state index in [-0.39, 0.29) is 5.03 Å². The fraction of sp³-hybridized carbons (Fsp3) is 0.300. The monoisotopic (exact) mass is 288 g/mol. The highest BCUT2D eigenvalue weighted by Gasteiger charge is 1.96. The van der Waals surface area contributed by atoms with Crippen LogP contribution in [0.25, 0.3) is 0 Å². The molecular weight excluding hydrogens is 276 g/mol. The zero-order chi connectivity index (χ0) is 13.4. The van der Waals surface area contributed by atoms with Crippen LogP contribution in [0.3, 0.4) is 0 Å². The lowest BCUT2D eigenvalue weighted by Crippen LogP contribution is -2.25. The van der Waals surface area contributed by atoms with Crippen LogP contribution in [0.1, 0.15) is 5.56 Å². The van der Waals surface area contributed by atoms with E-state index < -0.39 is 4.92 Å². The van der Waals surface area contributed by atoms with Gasteiger partial charge in [0.15, 0.2) is 0 Å². The maximum absolute atomic E-state index is 10.1. The average molecular weight is 289 g/mol. The Kier molecular flexibility index (Phi) is 6.48. The summed E-state index contributed by atoms with van der Waals surface area (Å²) in [5.41, 5.74) is 1.02. The Balaban J connectivity index is 2.16. The van der Waals surface area contributed by atoms with Crippen molar-refractivity contribution in [2.75, 3.05) is 13.1 Å². The van der Waals surface area contributed by atoms with Gasteiger partial charge in [-0.15, -0.1) is 12.6 Å². The quantitative estimate of drug-likeness (QED) is 0.232. The van der Waals surface area contributed by atoms with Gasteiger partial charge in [-0.1, -0.05) is 17.7 Å². The topological polar surface area (TPSA) is 80.1 Å². The third-order valence-electron chi connectivity index (χ3n) is 1.95. The molecule has 0 radical (unpaired) electrons. The molecule has 0 unspecified atom stereocenters. The molecule has 0 spiro atoms. The van der Waals surface area contributed by atoms with Gasteiger partial charge in [-0.2, -0.15) is 0 Å². The SMILES string of the molecule is O=[N+]([O-])/C=C(\S)NCCNCc1ccc(Cl)nc1. The van der Waals surface area contributed by atoms with E-state index in [0.717, 1.165) is 11.8 Å². The number of nitrogens with one attached hydrogen (secondary N) is 2. The van der Waals surface area contributed by atoms with Crippen molar-refractivity contribution in [1.82, 2.24) is 15.6 Å². The van der Waals surface area contributed by atoms with E-state index in [1.54, 1.807) is 12.3 Å². The van der Waals surface area contributed by atoms with Gasteiger partial charge in [-0.3, -0.25) is 10.1 Å². The van der Waals surface area contributed by atoms with Crippen LogP contribution in [0.15, 0.2) is 29.6 Å². The molecule has 0 saturated carbocycles. The molecule has 0 aliphatic carbocycles. The summed E-state index contributed by atoms with van der Waals surface area (Å²) in [5.74, 6) is 0. The van der Waals surface area contributed by atoms with E-state index in [0.29, 0.717) is 24.8 Å². The zero-order valence-corrected chi connectivity index (χ0v) is 11.1. The van der Waals surface area contributed by atoms with Gasteiger partial charge in [-0.05, 0) is 11.6 Å². The summed E-state index contributed by atoms with van der Waals surface area (Å²) in [7, 11) is 0. The molecule has 1 heterocycles. The molecule has 0 aliphatic rings. The maximum atomic E-state index is 10.1. The number of aromatic nitrogens is 1. The molecule has 6 nitrogen and oxygen atoms in total. The van der Waals surface area contributed by atoms with Gasteiger partial charge in [0.2, 0.25) is 0 Å². The number of nitrogens with zero attached hydrogens (tertiary/aromatic N) is 2. The molecule has 18 heavy (non-hydrogen) atoms. The first-order valence-corrected chi connectivity index (χ1v) is 6.00. The summed E-state index contributed by atoms with van der Waals surface area (Å²) in [6.45, 7) is 1.86. The van der Waals surface area contributed by atoms with Crippen LogP contribution in [0.2, 0.25) is 5.15 Å². The zero-order valence-electron chi connectivity index (χ0n) is 9.47. The Morgan fingerprint density at radius 3 is 2.94 bits per heavy atom. The van der Waals surface area contributed by atoms with Gasteiger partial charge in [0.25, 0.3) is 6.20 Å². The highest BCUT2D eigenvalue weighted by molar-refractivity contribution is 7.84. The van der Waals surface area contributed by atoms with E-state index in [2.05, 4.69) is 28.2 Å². The normalized spacial score (nSPS) is 11.3. The number of thiol groups is 1. The molecule has 1 aromatic heterocycles. The average Bonchev–Trinajstić information content (AvgIpc) is 2.30. The summed E-state index contributed by atoms with van der Waals surface area (Å²) in [6, 6.07) is 3.61. The Labute approximate surface area is 115 Å². The highest BCUT2D eigenvalue weighted by atomic mass is 35.5. The Morgan fingerprint density at radius 1 is 1.56 bits per heavy atom. The smallest absolute Gasteiger partial charge is 0.263 e. The molecule has 98 valence electrons. The number of pyridine rings is 1. The van der Waals surface area contributed by atoms with Gasteiger partial charge in [0.1, 0.15) is 10.2 Å². The summed E-state index contributed by atoms with van der Waals surface area (Å²) >= 11 is 9.57. The molecule has 0 aromatic carbocycles. The number of halogens is 1. The van der Waals surface area contributed by atoms with Crippen molar-refractivity contribution in [1.29, 1.82) is 0 Å². The van der Waals surface area contributed by atoms with Crippen LogP contribution in [0, 0.1) is 10.1 Å². The lowest BCUT2D eigenvalue weighted by atomic mass is 10.3. The molecule has 0 aliphatic heterocycles. The molecule has 1 rings (SSSR count). The van der Waals surface area contributed by atoms with Gasteiger partial charge in [0, 0.05) is 25.8 Å². The highest BCUT2D eigenvalue weighted by Crippen LogP contribution is 2.04. The first-order valence-electron chi connectivity index (χ1n) is 5.17. The second-order valence-electron chi connectivity index (χ2n) is 3.39. The molecule has 1 aromatic rings. The van der Waals surface area contributed by atoms with E-state index in [1.807, 2.05) is 6.07 Å². The maximum Gasteiger partial charge on any atom is 0.263 e.